The molecule has 84 valence electrons. The average Bonchev–Trinajstić information content (AvgIpc) is 2.78. The maximum Gasteiger partial charge on any atom is 0.0477 e. The molecule has 0 fully saturated rings. The molecule has 1 aromatic heterocycles. The molecule has 0 aliphatic heterocycles. The number of H-pyrrole nitrogens is 1. The van der Waals surface area contributed by atoms with Crippen LogP contribution in [0.3, 0.4) is 0 Å². The number of anilines is 1. The molecular formula is C14H12N2S. The summed E-state index contributed by atoms with van der Waals surface area (Å²) in [4.78, 5) is 5.47. The van der Waals surface area contributed by atoms with E-state index in [2.05, 4.69) is 29.2 Å². The molecule has 0 radical (unpaired) electrons. The smallest absolute Gasteiger partial charge is 0.0477 e. The van der Waals surface area contributed by atoms with Gasteiger partial charge in [-0.2, -0.15) is 0 Å². The molecule has 0 aliphatic rings. The number of nitrogens with one attached hydrogen (secondary N) is 1. The summed E-state index contributed by atoms with van der Waals surface area (Å²) in [6.07, 6.45) is 1.93. The number of benzene rings is 2. The summed E-state index contributed by atoms with van der Waals surface area (Å²) in [5.41, 5.74) is 7.95. The van der Waals surface area contributed by atoms with Gasteiger partial charge in [-0.3, -0.25) is 0 Å². The summed E-state index contributed by atoms with van der Waals surface area (Å²) >= 11 is 1.69. The lowest BCUT2D eigenvalue weighted by molar-refractivity contribution is 1.42. The molecule has 0 saturated carbocycles. The van der Waals surface area contributed by atoms with Gasteiger partial charge in [0.1, 0.15) is 0 Å². The van der Waals surface area contributed by atoms with Crippen molar-refractivity contribution >= 4 is 28.4 Å². The van der Waals surface area contributed by atoms with Gasteiger partial charge in [0.2, 0.25) is 0 Å². The second-order valence-corrected chi connectivity index (χ2v) is 4.99. The van der Waals surface area contributed by atoms with Gasteiger partial charge in [0.05, 0.1) is 0 Å². The number of nitrogens with two attached hydrogens (primary N) is 1. The van der Waals surface area contributed by atoms with Crippen LogP contribution in [0, 0.1) is 0 Å². The maximum absolute atomic E-state index is 6.05. The Hall–Kier alpha value is -1.87. The van der Waals surface area contributed by atoms with Gasteiger partial charge in [-0.25, -0.2) is 0 Å². The van der Waals surface area contributed by atoms with Crippen LogP contribution in [0.2, 0.25) is 0 Å². The van der Waals surface area contributed by atoms with Gasteiger partial charge < -0.3 is 10.7 Å². The predicted octanol–water partition coefficient (Wildman–Crippen LogP) is 3.90. The van der Waals surface area contributed by atoms with Crippen LogP contribution in [-0.2, 0) is 0 Å². The molecule has 17 heavy (non-hydrogen) atoms. The SMILES string of the molecule is Nc1cc2[nH]ccc2cc1Sc1ccccc1. The highest BCUT2D eigenvalue weighted by atomic mass is 32.2. The third kappa shape index (κ3) is 2.01. The Bertz CT molecular complexity index is 644. The van der Waals surface area contributed by atoms with Crippen LogP contribution in [0.1, 0.15) is 0 Å². The first-order chi connectivity index (χ1) is 8.33. The maximum atomic E-state index is 6.05. The molecule has 1 heterocycles. The van der Waals surface area contributed by atoms with Crippen LogP contribution in [0.25, 0.3) is 10.9 Å². The zero-order valence-electron chi connectivity index (χ0n) is 9.18. The molecule has 3 heteroatoms. The fourth-order valence-corrected chi connectivity index (χ4v) is 2.71. The van der Waals surface area contributed by atoms with Gasteiger partial charge >= 0.3 is 0 Å². The summed E-state index contributed by atoms with van der Waals surface area (Å²) in [7, 11) is 0. The number of aromatic amines is 1. The minimum Gasteiger partial charge on any atom is -0.398 e. The Kier molecular flexibility index (Phi) is 2.53. The summed E-state index contributed by atoms with van der Waals surface area (Å²) in [6, 6.07) is 16.4. The number of hydrogen-bond donors (Lipinski definition) is 2. The van der Waals surface area contributed by atoms with Crippen LogP contribution >= 0.6 is 11.8 Å². The van der Waals surface area contributed by atoms with E-state index < -0.39 is 0 Å². The molecule has 0 bridgehead atoms. The van der Waals surface area contributed by atoms with Gasteiger partial charge in [-0.05, 0) is 30.3 Å². The first kappa shape index (κ1) is 10.3. The van der Waals surface area contributed by atoms with E-state index >= 15 is 0 Å². The molecule has 0 unspecified atom stereocenters. The molecule has 2 aromatic carbocycles. The zero-order valence-corrected chi connectivity index (χ0v) is 10.00. The van der Waals surface area contributed by atoms with Crippen molar-refractivity contribution < 1.29 is 0 Å². The van der Waals surface area contributed by atoms with Crippen molar-refractivity contribution in [3.63, 3.8) is 0 Å². The van der Waals surface area contributed by atoms with Crippen molar-refractivity contribution in [3.05, 3.63) is 54.7 Å². The molecule has 0 aliphatic carbocycles. The molecule has 3 N–H and O–H groups in total. The van der Waals surface area contributed by atoms with E-state index in [1.54, 1.807) is 11.8 Å². The lowest BCUT2D eigenvalue weighted by atomic mass is 10.2. The predicted molar refractivity (Wildman–Crippen MR) is 73.3 cm³/mol. The first-order valence-electron chi connectivity index (χ1n) is 5.42. The van der Waals surface area contributed by atoms with Crippen molar-refractivity contribution in [3.8, 4) is 0 Å². The highest BCUT2D eigenvalue weighted by Gasteiger charge is 2.04. The largest absolute Gasteiger partial charge is 0.398 e. The minimum atomic E-state index is 0.814. The average molecular weight is 240 g/mol. The van der Waals surface area contributed by atoms with Gasteiger partial charge in [-0.15, -0.1) is 0 Å². The summed E-state index contributed by atoms with van der Waals surface area (Å²) < 4.78 is 0. The van der Waals surface area contributed by atoms with Crippen molar-refractivity contribution in [1.29, 1.82) is 0 Å². The summed E-state index contributed by atoms with van der Waals surface area (Å²) in [5, 5.41) is 1.19. The molecule has 0 amide bonds. The summed E-state index contributed by atoms with van der Waals surface area (Å²) in [6.45, 7) is 0. The van der Waals surface area contributed by atoms with Crippen LogP contribution in [0.5, 0.6) is 0 Å². The quantitative estimate of drug-likeness (QED) is 0.667. The Morgan fingerprint density at radius 2 is 1.82 bits per heavy atom. The van der Waals surface area contributed by atoms with E-state index in [0.717, 1.165) is 16.1 Å². The zero-order chi connectivity index (χ0) is 11.7. The second kappa shape index (κ2) is 4.18. The molecule has 0 atom stereocenters. The number of rotatable bonds is 2. The highest BCUT2D eigenvalue weighted by molar-refractivity contribution is 7.99. The molecule has 2 nitrogen and oxygen atoms in total. The Labute approximate surface area is 104 Å². The van der Waals surface area contributed by atoms with Crippen molar-refractivity contribution in [2.75, 3.05) is 5.73 Å². The lowest BCUT2D eigenvalue weighted by Crippen LogP contribution is -1.88. The van der Waals surface area contributed by atoms with E-state index in [1.807, 2.05) is 30.5 Å². The minimum absolute atomic E-state index is 0.814. The third-order valence-corrected chi connectivity index (χ3v) is 3.74. The standard InChI is InChI=1S/C14H12N2S/c15-12-9-13-10(6-7-16-13)8-14(12)17-11-4-2-1-3-5-11/h1-9,16H,15H2. The molecular weight excluding hydrogens is 228 g/mol. The fourth-order valence-electron chi connectivity index (χ4n) is 1.80. The summed E-state index contributed by atoms with van der Waals surface area (Å²) in [5.74, 6) is 0. The monoisotopic (exact) mass is 240 g/mol. The van der Waals surface area contributed by atoms with Gasteiger partial charge in [0.15, 0.2) is 0 Å². The van der Waals surface area contributed by atoms with E-state index in [-0.39, 0.29) is 0 Å². The van der Waals surface area contributed by atoms with Crippen molar-refractivity contribution in [2.45, 2.75) is 9.79 Å². The van der Waals surface area contributed by atoms with Gasteiger partial charge in [-0.1, -0.05) is 30.0 Å². The van der Waals surface area contributed by atoms with Gasteiger partial charge in [0, 0.05) is 32.6 Å². The Morgan fingerprint density at radius 1 is 1.00 bits per heavy atom. The number of fused-ring (bicyclic) bond motifs is 1. The third-order valence-electron chi connectivity index (χ3n) is 2.65. The van der Waals surface area contributed by atoms with Crippen LogP contribution in [-0.4, -0.2) is 4.98 Å². The van der Waals surface area contributed by atoms with Crippen LogP contribution < -0.4 is 5.73 Å². The number of aromatic nitrogens is 1. The van der Waals surface area contributed by atoms with Crippen LogP contribution in [0.15, 0.2) is 64.5 Å². The van der Waals surface area contributed by atoms with Crippen LogP contribution in [0.4, 0.5) is 5.69 Å². The molecule has 0 saturated heterocycles. The normalized spacial score (nSPS) is 10.8. The molecule has 3 aromatic rings. The lowest BCUT2D eigenvalue weighted by Gasteiger charge is -2.05. The Balaban J connectivity index is 2.02. The first-order valence-corrected chi connectivity index (χ1v) is 6.24. The van der Waals surface area contributed by atoms with E-state index in [9.17, 15) is 0 Å². The van der Waals surface area contributed by atoms with Crippen molar-refractivity contribution in [2.24, 2.45) is 0 Å². The van der Waals surface area contributed by atoms with E-state index in [1.165, 1.54) is 10.3 Å². The number of nitrogen functional groups attached to an aromatic ring is 1. The Morgan fingerprint density at radius 3 is 2.65 bits per heavy atom. The highest BCUT2D eigenvalue weighted by Crippen LogP contribution is 2.34. The number of hydrogen-bond acceptors (Lipinski definition) is 2. The second-order valence-electron chi connectivity index (χ2n) is 3.87. The van der Waals surface area contributed by atoms with E-state index in [0.29, 0.717) is 0 Å². The molecule has 0 spiro atoms. The topological polar surface area (TPSA) is 41.8 Å². The molecule has 3 rings (SSSR count). The van der Waals surface area contributed by atoms with Gasteiger partial charge in [0.25, 0.3) is 0 Å². The van der Waals surface area contributed by atoms with Crippen molar-refractivity contribution in [1.82, 2.24) is 4.98 Å². The van der Waals surface area contributed by atoms with E-state index in [4.69, 9.17) is 5.73 Å². The fraction of sp³-hybridized carbons (Fsp3) is 0.